The van der Waals surface area contributed by atoms with Crippen LogP contribution in [-0.4, -0.2) is 58.2 Å². The number of hydrogen-bond acceptors (Lipinski definition) is 6. The first kappa shape index (κ1) is 26.2. The number of hydrogen-bond donors (Lipinski definition) is 1. The zero-order valence-electron chi connectivity index (χ0n) is 21.7. The number of morpholine rings is 1. The zero-order chi connectivity index (χ0) is 26.7. The van der Waals surface area contributed by atoms with Gasteiger partial charge in [0, 0.05) is 26.2 Å². The number of nitrogens with one attached hydrogen (secondary N) is 1. The van der Waals surface area contributed by atoms with E-state index in [0.29, 0.717) is 18.0 Å². The third kappa shape index (κ3) is 5.85. The lowest BCUT2D eigenvalue weighted by molar-refractivity contribution is -0.127. The van der Waals surface area contributed by atoms with Gasteiger partial charge >= 0.3 is 0 Å². The lowest BCUT2D eigenvalue weighted by Gasteiger charge is -2.35. The smallest absolute Gasteiger partial charge is 0.264 e. The highest BCUT2D eigenvalue weighted by Gasteiger charge is 2.37. The van der Waals surface area contributed by atoms with Crippen molar-refractivity contribution in [3.8, 4) is 5.75 Å². The summed E-state index contributed by atoms with van der Waals surface area (Å²) in [5, 5.41) is 2.92. The van der Waals surface area contributed by atoms with Crippen LogP contribution in [0.25, 0.3) is 0 Å². The Labute approximate surface area is 224 Å². The number of benzene rings is 3. The van der Waals surface area contributed by atoms with Crippen molar-refractivity contribution in [1.29, 1.82) is 0 Å². The number of carbonyl (C=O) groups excluding carboxylic acids is 1. The minimum atomic E-state index is -3.90. The van der Waals surface area contributed by atoms with Crippen molar-refractivity contribution in [3.63, 3.8) is 0 Å². The maximum absolute atomic E-state index is 13.6. The molecular weight excluding hydrogens is 502 g/mol. The monoisotopic (exact) mass is 535 g/mol. The number of carbonyl (C=O) groups is 1. The summed E-state index contributed by atoms with van der Waals surface area (Å²) in [7, 11) is -3.90. The summed E-state index contributed by atoms with van der Waals surface area (Å²) >= 11 is 0. The van der Waals surface area contributed by atoms with Crippen LogP contribution in [0.5, 0.6) is 5.75 Å². The number of anilines is 1. The van der Waals surface area contributed by atoms with Gasteiger partial charge in [0.2, 0.25) is 0 Å². The normalized spacial score (nSPS) is 17.9. The first-order valence-electron chi connectivity index (χ1n) is 12.8. The van der Waals surface area contributed by atoms with Gasteiger partial charge in [-0.15, -0.1) is 0 Å². The van der Waals surface area contributed by atoms with E-state index >= 15 is 0 Å². The Bertz CT molecular complexity index is 1380. The van der Waals surface area contributed by atoms with Crippen LogP contribution in [-0.2, 0) is 32.6 Å². The second kappa shape index (κ2) is 11.1. The maximum atomic E-state index is 13.6. The van der Waals surface area contributed by atoms with Gasteiger partial charge in [0.05, 0.1) is 30.3 Å². The van der Waals surface area contributed by atoms with Gasteiger partial charge in [-0.05, 0) is 54.8 Å². The average Bonchev–Trinajstić information content (AvgIpc) is 2.92. The van der Waals surface area contributed by atoms with Crippen molar-refractivity contribution in [2.75, 3.05) is 37.2 Å². The molecule has 1 atom stereocenters. The van der Waals surface area contributed by atoms with Gasteiger partial charge in [-0.25, -0.2) is 8.42 Å². The SMILES string of the molecule is Cc1ccc(S(=O)(=O)N2C[C@H](C(=O)NCc3ccc(CN4CCOCC4)cc3)Oc3ccc(C)cc32)cc1. The second-order valence-corrected chi connectivity index (χ2v) is 11.7. The molecule has 0 aliphatic carbocycles. The summed E-state index contributed by atoms with van der Waals surface area (Å²) in [6, 6.07) is 20.2. The Morgan fingerprint density at radius 2 is 1.58 bits per heavy atom. The van der Waals surface area contributed by atoms with Crippen LogP contribution < -0.4 is 14.4 Å². The van der Waals surface area contributed by atoms with Crippen molar-refractivity contribution >= 4 is 21.6 Å². The number of fused-ring (bicyclic) bond motifs is 1. The quantitative estimate of drug-likeness (QED) is 0.499. The van der Waals surface area contributed by atoms with E-state index in [9.17, 15) is 13.2 Å². The van der Waals surface area contributed by atoms with Gasteiger partial charge in [-0.2, -0.15) is 0 Å². The van der Waals surface area contributed by atoms with E-state index in [4.69, 9.17) is 9.47 Å². The molecule has 38 heavy (non-hydrogen) atoms. The van der Waals surface area contributed by atoms with Crippen molar-refractivity contribution in [1.82, 2.24) is 10.2 Å². The van der Waals surface area contributed by atoms with Crippen LogP contribution in [0.15, 0.2) is 71.6 Å². The lowest BCUT2D eigenvalue weighted by atomic mass is 10.1. The molecule has 9 heteroatoms. The highest BCUT2D eigenvalue weighted by atomic mass is 32.2. The molecule has 200 valence electrons. The zero-order valence-corrected chi connectivity index (χ0v) is 22.5. The standard InChI is InChI=1S/C29H33N3O5S/c1-21-3-10-25(11-4-21)38(34,35)32-20-28(37-27-12-5-22(2)17-26(27)32)29(33)30-18-23-6-8-24(9-7-23)19-31-13-15-36-16-14-31/h3-12,17,28H,13-16,18-20H2,1-2H3,(H,30,33)/t28-/m1/s1. The van der Waals surface area contributed by atoms with Crippen molar-refractivity contribution in [2.45, 2.75) is 37.9 Å². The lowest BCUT2D eigenvalue weighted by Crippen LogP contribution is -2.50. The third-order valence-electron chi connectivity index (χ3n) is 6.89. The number of sulfonamides is 1. The van der Waals surface area contributed by atoms with E-state index in [2.05, 4.69) is 22.3 Å². The number of ether oxygens (including phenoxy) is 2. The molecule has 0 unspecified atom stereocenters. The summed E-state index contributed by atoms with van der Waals surface area (Å²) in [5.41, 5.74) is 4.47. The summed E-state index contributed by atoms with van der Waals surface area (Å²) in [6.07, 6.45) is -0.981. The van der Waals surface area contributed by atoms with E-state index in [-0.39, 0.29) is 17.3 Å². The second-order valence-electron chi connectivity index (χ2n) is 9.85. The molecule has 1 saturated heterocycles. The molecule has 0 aromatic heterocycles. The summed E-state index contributed by atoms with van der Waals surface area (Å²) < 4.78 is 39.9. The fourth-order valence-electron chi connectivity index (χ4n) is 4.65. The Morgan fingerprint density at radius 1 is 0.921 bits per heavy atom. The Balaban J connectivity index is 1.28. The largest absolute Gasteiger partial charge is 0.476 e. The first-order chi connectivity index (χ1) is 18.3. The van der Waals surface area contributed by atoms with Crippen molar-refractivity contribution < 1.29 is 22.7 Å². The predicted octanol–water partition coefficient (Wildman–Crippen LogP) is 3.41. The van der Waals surface area contributed by atoms with Crippen molar-refractivity contribution in [3.05, 3.63) is 89.0 Å². The fraction of sp³-hybridized carbons (Fsp3) is 0.345. The van der Waals surface area contributed by atoms with E-state index in [0.717, 1.165) is 49.5 Å². The van der Waals surface area contributed by atoms with Crippen LogP contribution in [0, 0.1) is 13.8 Å². The van der Waals surface area contributed by atoms with E-state index < -0.39 is 16.1 Å². The number of rotatable bonds is 7. The van der Waals surface area contributed by atoms with E-state index in [1.807, 2.05) is 32.0 Å². The van der Waals surface area contributed by atoms with Crippen LogP contribution in [0.4, 0.5) is 5.69 Å². The molecule has 3 aromatic carbocycles. The Kier molecular flexibility index (Phi) is 7.69. The minimum absolute atomic E-state index is 0.114. The summed E-state index contributed by atoms with van der Waals surface area (Å²) in [4.78, 5) is 15.7. The molecule has 0 radical (unpaired) electrons. The van der Waals surface area contributed by atoms with Gasteiger partial charge in [-0.1, -0.05) is 48.0 Å². The maximum Gasteiger partial charge on any atom is 0.264 e. The van der Waals surface area contributed by atoms with E-state index in [1.54, 1.807) is 36.4 Å². The topological polar surface area (TPSA) is 88.2 Å². The number of amides is 1. The van der Waals surface area contributed by atoms with Gasteiger partial charge in [0.25, 0.3) is 15.9 Å². The van der Waals surface area contributed by atoms with Gasteiger partial charge in [-0.3, -0.25) is 14.0 Å². The molecule has 1 N–H and O–H groups in total. The predicted molar refractivity (Wildman–Crippen MR) is 146 cm³/mol. The van der Waals surface area contributed by atoms with Gasteiger partial charge in [0.1, 0.15) is 5.75 Å². The summed E-state index contributed by atoms with van der Waals surface area (Å²) in [6.45, 7) is 8.26. The molecule has 0 spiro atoms. The molecular formula is C29H33N3O5S. The first-order valence-corrected chi connectivity index (χ1v) is 14.3. The van der Waals surface area contributed by atoms with Crippen LogP contribution in [0.2, 0.25) is 0 Å². The Morgan fingerprint density at radius 3 is 2.29 bits per heavy atom. The molecule has 0 saturated carbocycles. The third-order valence-corrected chi connectivity index (χ3v) is 8.68. The van der Waals surface area contributed by atoms with Crippen LogP contribution >= 0.6 is 0 Å². The Hall–Kier alpha value is -3.40. The summed E-state index contributed by atoms with van der Waals surface area (Å²) in [5.74, 6) is 0.00266. The van der Waals surface area contributed by atoms with Gasteiger partial charge in [0.15, 0.2) is 6.10 Å². The molecule has 3 aromatic rings. The van der Waals surface area contributed by atoms with Crippen LogP contribution in [0.3, 0.4) is 0 Å². The van der Waals surface area contributed by atoms with Gasteiger partial charge < -0.3 is 14.8 Å². The van der Waals surface area contributed by atoms with Crippen molar-refractivity contribution in [2.24, 2.45) is 0 Å². The van der Waals surface area contributed by atoms with Crippen LogP contribution in [0.1, 0.15) is 22.3 Å². The number of nitrogens with zero attached hydrogens (tertiary/aromatic N) is 2. The molecule has 1 amide bonds. The number of aryl methyl sites for hydroxylation is 2. The minimum Gasteiger partial charge on any atom is -0.476 e. The molecule has 1 fully saturated rings. The molecule has 2 aliphatic rings. The molecule has 5 rings (SSSR count). The fourth-order valence-corrected chi connectivity index (χ4v) is 6.11. The molecule has 0 bridgehead atoms. The highest BCUT2D eigenvalue weighted by molar-refractivity contribution is 7.92. The average molecular weight is 536 g/mol. The highest BCUT2D eigenvalue weighted by Crippen LogP contribution is 2.37. The molecule has 2 heterocycles. The molecule has 8 nitrogen and oxygen atoms in total. The molecule has 2 aliphatic heterocycles. The van der Waals surface area contributed by atoms with E-state index in [1.165, 1.54) is 9.87 Å².